The van der Waals surface area contributed by atoms with Crippen LogP contribution in [0.1, 0.15) is 12.5 Å². The molecule has 0 saturated carbocycles. The number of nitrogens with one attached hydrogen (secondary N) is 1. The first-order valence-electron chi connectivity index (χ1n) is 7.01. The van der Waals surface area contributed by atoms with Crippen LogP contribution in [-0.2, 0) is 4.79 Å². The molecule has 0 bridgehead atoms. The minimum absolute atomic E-state index is 0.0439. The zero-order valence-electron chi connectivity index (χ0n) is 12.1. The van der Waals surface area contributed by atoms with Gasteiger partial charge in [-0.2, -0.15) is 0 Å². The molecule has 1 aliphatic heterocycles. The van der Waals surface area contributed by atoms with Crippen LogP contribution in [0, 0.1) is 6.92 Å². The molecule has 2 rings (SSSR count). The van der Waals surface area contributed by atoms with Gasteiger partial charge in [0.25, 0.3) is 5.91 Å². The number of hydrogen-bond donors (Lipinski definition) is 1. The molecule has 0 aromatic heterocycles. The van der Waals surface area contributed by atoms with Gasteiger partial charge in [0.2, 0.25) is 0 Å². The number of thioether (sulfide) groups is 1. The normalized spacial score (nSPS) is 18.0. The van der Waals surface area contributed by atoms with E-state index in [1.807, 2.05) is 54.8 Å². The molecule has 1 fully saturated rings. The largest absolute Gasteiger partial charge is 0.484 e. The number of rotatable bonds is 6. The molecule has 0 radical (unpaired) electrons. The van der Waals surface area contributed by atoms with Crippen LogP contribution in [0.15, 0.2) is 24.3 Å². The molecule has 5 heteroatoms. The van der Waals surface area contributed by atoms with Crippen LogP contribution in [0.5, 0.6) is 5.75 Å². The van der Waals surface area contributed by atoms with Crippen molar-refractivity contribution in [1.29, 1.82) is 0 Å². The summed E-state index contributed by atoms with van der Waals surface area (Å²) in [5.41, 5.74) is 1.18. The maximum atomic E-state index is 12.2. The van der Waals surface area contributed by atoms with Gasteiger partial charge in [-0.15, -0.1) is 11.8 Å². The lowest BCUT2D eigenvalue weighted by atomic mass is 10.2. The highest BCUT2D eigenvalue weighted by Gasteiger charge is 2.21. The third-order valence-electron chi connectivity index (χ3n) is 3.30. The van der Waals surface area contributed by atoms with E-state index >= 15 is 0 Å². The summed E-state index contributed by atoms with van der Waals surface area (Å²) in [5.74, 6) is 1.91. The van der Waals surface area contributed by atoms with Crippen molar-refractivity contribution in [1.82, 2.24) is 10.2 Å². The standard InChI is InChI=1S/C15H22N2O2S/c1-3-17(10-14-16-8-9-20-14)15(18)11-19-13-6-4-12(2)5-7-13/h4-7,14,16H,3,8-11H2,1-2H3. The molecule has 1 aromatic carbocycles. The van der Waals surface area contributed by atoms with Gasteiger partial charge in [0, 0.05) is 25.4 Å². The quantitative estimate of drug-likeness (QED) is 0.870. The predicted molar refractivity (Wildman–Crippen MR) is 83.2 cm³/mol. The van der Waals surface area contributed by atoms with Crippen molar-refractivity contribution in [2.24, 2.45) is 0 Å². The predicted octanol–water partition coefficient (Wildman–Crippen LogP) is 1.88. The second-order valence-corrected chi connectivity index (χ2v) is 6.16. The average molecular weight is 294 g/mol. The molecule has 1 heterocycles. The molecule has 20 heavy (non-hydrogen) atoms. The molecule has 1 aromatic rings. The highest BCUT2D eigenvalue weighted by atomic mass is 32.2. The summed E-state index contributed by atoms with van der Waals surface area (Å²) in [4.78, 5) is 14.0. The molecule has 4 nitrogen and oxygen atoms in total. The Labute approximate surface area is 124 Å². The van der Waals surface area contributed by atoms with Gasteiger partial charge < -0.3 is 15.0 Å². The Morgan fingerprint density at radius 1 is 1.45 bits per heavy atom. The van der Waals surface area contributed by atoms with Gasteiger partial charge in [0.15, 0.2) is 6.61 Å². The maximum absolute atomic E-state index is 12.2. The smallest absolute Gasteiger partial charge is 0.260 e. The molecule has 1 saturated heterocycles. The summed E-state index contributed by atoms with van der Waals surface area (Å²) in [5, 5.41) is 3.74. The first-order valence-corrected chi connectivity index (χ1v) is 8.06. The van der Waals surface area contributed by atoms with Crippen LogP contribution in [-0.4, -0.2) is 48.2 Å². The molecule has 0 spiro atoms. The van der Waals surface area contributed by atoms with Crippen LogP contribution in [0.3, 0.4) is 0 Å². The van der Waals surface area contributed by atoms with Gasteiger partial charge in [-0.25, -0.2) is 0 Å². The van der Waals surface area contributed by atoms with E-state index in [1.165, 1.54) is 5.56 Å². The van der Waals surface area contributed by atoms with E-state index in [-0.39, 0.29) is 12.5 Å². The number of hydrogen-bond acceptors (Lipinski definition) is 4. The highest BCUT2D eigenvalue weighted by Crippen LogP contribution is 2.15. The lowest BCUT2D eigenvalue weighted by Gasteiger charge is -2.24. The summed E-state index contributed by atoms with van der Waals surface area (Å²) in [7, 11) is 0. The number of amides is 1. The molecule has 1 N–H and O–H groups in total. The van der Waals surface area contributed by atoms with E-state index in [4.69, 9.17) is 4.74 Å². The number of aryl methyl sites for hydroxylation is 1. The van der Waals surface area contributed by atoms with Crippen molar-refractivity contribution >= 4 is 17.7 Å². The second kappa shape index (κ2) is 7.55. The third-order valence-corrected chi connectivity index (χ3v) is 4.45. The van der Waals surface area contributed by atoms with E-state index in [2.05, 4.69) is 5.32 Å². The molecule has 1 unspecified atom stereocenters. The number of benzene rings is 1. The Morgan fingerprint density at radius 2 is 2.20 bits per heavy atom. The summed E-state index contributed by atoms with van der Waals surface area (Å²) >= 11 is 1.87. The molecule has 110 valence electrons. The minimum atomic E-state index is 0.0439. The zero-order chi connectivity index (χ0) is 14.4. The van der Waals surface area contributed by atoms with Crippen LogP contribution < -0.4 is 10.1 Å². The van der Waals surface area contributed by atoms with Crippen LogP contribution >= 0.6 is 11.8 Å². The lowest BCUT2D eigenvalue weighted by Crippen LogP contribution is -2.42. The van der Waals surface area contributed by atoms with Crippen LogP contribution in [0.25, 0.3) is 0 Å². The topological polar surface area (TPSA) is 41.6 Å². The van der Waals surface area contributed by atoms with Crippen molar-refractivity contribution in [2.75, 3.05) is 32.0 Å². The zero-order valence-corrected chi connectivity index (χ0v) is 12.9. The van der Waals surface area contributed by atoms with E-state index in [1.54, 1.807) is 0 Å². The SMILES string of the molecule is CCN(CC1NCCS1)C(=O)COc1ccc(C)cc1. The van der Waals surface area contributed by atoms with E-state index in [0.29, 0.717) is 5.37 Å². The van der Waals surface area contributed by atoms with Gasteiger partial charge >= 0.3 is 0 Å². The van der Waals surface area contributed by atoms with E-state index in [9.17, 15) is 4.79 Å². The van der Waals surface area contributed by atoms with Gasteiger partial charge in [-0.05, 0) is 26.0 Å². The summed E-state index contributed by atoms with van der Waals surface area (Å²) < 4.78 is 5.55. The van der Waals surface area contributed by atoms with E-state index in [0.717, 1.165) is 31.1 Å². The fourth-order valence-corrected chi connectivity index (χ4v) is 3.12. The number of ether oxygens (including phenoxy) is 1. The molecule has 1 atom stereocenters. The first-order chi connectivity index (χ1) is 9.69. The fourth-order valence-electron chi connectivity index (χ4n) is 2.08. The van der Waals surface area contributed by atoms with Gasteiger partial charge in [-0.1, -0.05) is 17.7 Å². The highest BCUT2D eigenvalue weighted by molar-refractivity contribution is 8.00. The Balaban J connectivity index is 1.80. The molecule has 1 amide bonds. The number of carbonyl (C=O) groups is 1. The maximum Gasteiger partial charge on any atom is 0.260 e. The molecule has 1 aliphatic rings. The number of carbonyl (C=O) groups excluding carboxylic acids is 1. The molecule has 0 aliphatic carbocycles. The second-order valence-electron chi connectivity index (χ2n) is 4.85. The van der Waals surface area contributed by atoms with Gasteiger partial charge in [0.05, 0.1) is 5.37 Å². The summed E-state index contributed by atoms with van der Waals surface area (Å²) in [6, 6.07) is 7.76. The van der Waals surface area contributed by atoms with Crippen molar-refractivity contribution in [3.05, 3.63) is 29.8 Å². The van der Waals surface area contributed by atoms with Crippen LogP contribution in [0.2, 0.25) is 0 Å². The first kappa shape index (κ1) is 15.2. The summed E-state index contributed by atoms with van der Waals surface area (Å²) in [6.07, 6.45) is 0. The Kier molecular flexibility index (Phi) is 5.73. The fraction of sp³-hybridized carbons (Fsp3) is 0.533. The Morgan fingerprint density at radius 3 is 2.80 bits per heavy atom. The average Bonchev–Trinajstić information content (AvgIpc) is 2.97. The van der Waals surface area contributed by atoms with Crippen molar-refractivity contribution < 1.29 is 9.53 Å². The lowest BCUT2D eigenvalue weighted by molar-refractivity contribution is -0.133. The monoisotopic (exact) mass is 294 g/mol. The van der Waals surface area contributed by atoms with Crippen molar-refractivity contribution in [3.63, 3.8) is 0 Å². The molecular formula is C15H22N2O2S. The Hall–Kier alpha value is -1.20. The van der Waals surface area contributed by atoms with Crippen LogP contribution in [0.4, 0.5) is 0 Å². The van der Waals surface area contributed by atoms with Gasteiger partial charge in [0.1, 0.15) is 5.75 Å². The third kappa shape index (κ3) is 4.42. The summed E-state index contributed by atoms with van der Waals surface area (Å²) in [6.45, 7) is 6.63. The number of nitrogens with zero attached hydrogens (tertiary/aromatic N) is 1. The van der Waals surface area contributed by atoms with Crippen molar-refractivity contribution in [3.8, 4) is 5.75 Å². The Bertz CT molecular complexity index is 430. The number of likely N-dealkylation sites (N-methyl/N-ethyl adjacent to an activating group) is 1. The van der Waals surface area contributed by atoms with Gasteiger partial charge in [-0.3, -0.25) is 4.79 Å². The van der Waals surface area contributed by atoms with E-state index < -0.39 is 0 Å². The minimum Gasteiger partial charge on any atom is -0.484 e. The van der Waals surface area contributed by atoms with Crippen molar-refractivity contribution in [2.45, 2.75) is 19.2 Å². The molecular weight excluding hydrogens is 272 g/mol.